The molecule has 1 unspecified atom stereocenters. The van der Waals surface area contributed by atoms with E-state index in [-0.39, 0.29) is 6.04 Å². The summed E-state index contributed by atoms with van der Waals surface area (Å²) in [5.74, 6) is 1.01. The van der Waals surface area contributed by atoms with Gasteiger partial charge in [0.05, 0.1) is 6.04 Å². The molecule has 0 fully saturated rings. The zero-order valence-corrected chi connectivity index (χ0v) is 12.9. The maximum absolute atomic E-state index is 5.95. The van der Waals surface area contributed by atoms with E-state index in [1.165, 1.54) is 5.39 Å². The SMILES string of the molecule is CNC(CN(C)CCN(C)C)c1cc2ccccc2o1. The number of furan rings is 1. The average molecular weight is 275 g/mol. The highest BCUT2D eigenvalue weighted by Crippen LogP contribution is 2.24. The Kier molecular flexibility index (Phi) is 5.17. The van der Waals surface area contributed by atoms with Crippen LogP contribution >= 0.6 is 0 Å². The molecular formula is C16H25N3O. The molecule has 0 aliphatic heterocycles. The van der Waals surface area contributed by atoms with Gasteiger partial charge in [0.25, 0.3) is 0 Å². The van der Waals surface area contributed by atoms with Crippen LogP contribution in [0.15, 0.2) is 34.7 Å². The van der Waals surface area contributed by atoms with E-state index >= 15 is 0 Å². The third-order valence-corrected chi connectivity index (χ3v) is 3.56. The Bertz CT molecular complexity index is 502. The first kappa shape index (κ1) is 15.0. The van der Waals surface area contributed by atoms with Crippen LogP contribution in [0.2, 0.25) is 0 Å². The van der Waals surface area contributed by atoms with Crippen molar-refractivity contribution in [2.45, 2.75) is 6.04 Å². The summed E-state index contributed by atoms with van der Waals surface area (Å²) in [4.78, 5) is 4.53. The fraction of sp³-hybridized carbons (Fsp3) is 0.500. The van der Waals surface area contributed by atoms with E-state index in [1.54, 1.807) is 0 Å². The first-order chi connectivity index (χ1) is 9.60. The number of fused-ring (bicyclic) bond motifs is 1. The van der Waals surface area contributed by atoms with Crippen LogP contribution in [-0.4, -0.2) is 57.6 Å². The highest BCUT2D eigenvalue weighted by atomic mass is 16.3. The molecule has 0 aliphatic rings. The zero-order chi connectivity index (χ0) is 14.5. The minimum atomic E-state index is 0.217. The minimum Gasteiger partial charge on any atom is -0.459 e. The van der Waals surface area contributed by atoms with Gasteiger partial charge in [0.1, 0.15) is 11.3 Å². The van der Waals surface area contributed by atoms with E-state index in [0.29, 0.717) is 0 Å². The van der Waals surface area contributed by atoms with Gasteiger partial charge >= 0.3 is 0 Å². The summed E-state index contributed by atoms with van der Waals surface area (Å²) in [6, 6.07) is 10.5. The van der Waals surface area contributed by atoms with Crippen LogP contribution in [0.5, 0.6) is 0 Å². The Hall–Kier alpha value is -1.36. The largest absolute Gasteiger partial charge is 0.459 e. The second-order valence-electron chi connectivity index (χ2n) is 5.59. The number of para-hydroxylation sites is 1. The molecule has 0 aliphatic carbocycles. The number of hydrogen-bond donors (Lipinski definition) is 1. The van der Waals surface area contributed by atoms with E-state index in [9.17, 15) is 0 Å². The quantitative estimate of drug-likeness (QED) is 0.839. The van der Waals surface area contributed by atoms with Crippen LogP contribution in [-0.2, 0) is 0 Å². The van der Waals surface area contributed by atoms with Crippen molar-refractivity contribution in [1.82, 2.24) is 15.1 Å². The molecule has 110 valence electrons. The average Bonchev–Trinajstić information content (AvgIpc) is 2.86. The van der Waals surface area contributed by atoms with Crippen LogP contribution in [0.3, 0.4) is 0 Å². The van der Waals surface area contributed by atoms with Crippen molar-refractivity contribution < 1.29 is 4.42 Å². The predicted molar refractivity (Wildman–Crippen MR) is 84.1 cm³/mol. The van der Waals surface area contributed by atoms with Gasteiger partial charge in [-0.05, 0) is 40.3 Å². The fourth-order valence-electron chi connectivity index (χ4n) is 2.27. The van der Waals surface area contributed by atoms with Gasteiger partial charge in [0, 0.05) is 25.0 Å². The summed E-state index contributed by atoms with van der Waals surface area (Å²) >= 11 is 0. The smallest absolute Gasteiger partial charge is 0.134 e. The van der Waals surface area contributed by atoms with Crippen molar-refractivity contribution in [3.05, 3.63) is 36.1 Å². The monoisotopic (exact) mass is 275 g/mol. The molecule has 4 nitrogen and oxygen atoms in total. The van der Waals surface area contributed by atoms with Crippen molar-refractivity contribution >= 4 is 11.0 Å². The molecule has 0 saturated carbocycles. The third kappa shape index (κ3) is 3.82. The lowest BCUT2D eigenvalue weighted by molar-refractivity contribution is 0.250. The second kappa shape index (κ2) is 6.88. The molecule has 1 aromatic carbocycles. The van der Waals surface area contributed by atoms with Gasteiger partial charge in [-0.25, -0.2) is 0 Å². The molecule has 1 atom stereocenters. The molecular weight excluding hydrogens is 250 g/mol. The first-order valence-corrected chi connectivity index (χ1v) is 7.09. The standard InChI is InChI=1S/C16H25N3O/c1-17-14(12-19(4)10-9-18(2)3)16-11-13-7-5-6-8-15(13)20-16/h5-8,11,14,17H,9-10,12H2,1-4H3. The summed E-state index contributed by atoms with van der Waals surface area (Å²) in [5.41, 5.74) is 0.957. The molecule has 1 N–H and O–H groups in total. The maximum atomic E-state index is 5.95. The third-order valence-electron chi connectivity index (χ3n) is 3.56. The van der Waals surface area contributed by atoms with Crippen molar-refractivity contribution in [2.75, 3.05) is 47.8 Å². The van der Waals surface area contributed by atoms with Gasteiger partial charge in [-0.1, -0.05) is 18.2 Å². The highest BCUT2D eigenvalue weighted by molar-refractivity contribution is 5.77. The summed E-state index contributed by atoms with van der Waals surface area (Å²) in [6.07, 6.45) is 0. The highest BCUT2D eigenvalue weighted by Gasteiger charge is 2.16. The minimum absolute atomic E-state index is 0.217. The molecule has 0 radical (unpaired) electrons. The molecule has 1 aromatic heterocycles. The Balaban J connectivity index is 2.03. The van der Waals surface area contributed by atoms with Gasteiger partial charge < -0.3 is 19.5 Å². The van der Waals surface area contributed by atoms with Crippen molar-refractivity contribution in [1.29, 1.82) is 0 Å². The van der Waals surface area contributed by atoms with Crippen LogP contribution in [0, 0.1) is 0 Å². The topological polar surface area (TPSA) is 31.6 Å². The number of nitrogens with zero attached hydrogens (tertiary/aromatic N) is 2. The number of benzene rings is 1. The molecule has 1 heterocycles. The van der Waals surface area contributed by atoms with E-state index < -0.39 is 0 Å². The molecule has 0 spiro atoms. The number of hydrogen-bond acceptors (Lipinski definition) is 4. The van der Waals surface area contributed by atoms with Gasteiger partial charge in [0.15, 0.2) is 0 Å². The van der Waals surface area contributed by atoms with Crippen LogP contribution in [0.25, 0.3) is 11.0 Å². The Morgan fingerprint density at radius 2 is 1.90 bits per heavy atom. The Labute approximate surface area is 121 Å². The van der Waals surface area contributed by atoms with Crippen LogP contribution in [0.1, 0.15) is 11.8 Å². The van der Waals surface area contributed by atoms with E-state index in [0.717, 1.165) is 31.0 Å². The van der Waals surface area contributed by atoms with Gasteiger partial charge in [-0.3, -0.25) is 0 Å². The summed E-state index contributed by atoms with van der Waals surface area (Å²) in [5, 5.41) is 4.51. The lowest BCUT2D eigenvalue weighted by Crippen LogP contribution is -2.35. The summed E-state index contributed by atoms with van der Waals surface area (Å²) in [7, 11) is 8.33. The van der Waals surface area contributed by atoms with Gasteiger partial charge in [-0.15, -0.1) is 0 Å². The van der Waals surface area contributed by atoms with Crippen molar-refractivity contribution in [3.63, 3.8) is 0 Å². The molecule has 0 saturated heterocycles. The molecule has 2 rings (SSSR count). The number of nitrogens with one attached hydrogen (secondary N) is 1. The number of likely N-dealkylation sites (N-methyl/N-ethyl adjacent to an activating group) is 3. The fourth-order valence-corrected chi connectivity index (χ4v) is 2.27. The molecule has 20 heavy (non-hydrogen) atoms. The Morgan fingerprint density at radius 3 is 2.55 bits per heavy atom. The molecule has 0 amide bonds. The van der Waals surface area contributed by atoms with Gasteiger partial charge in [0.2, 0.25) is 0 Å². The van der Waals surface area contributed by atoms with E-state index in [4.69, 9.17) is 4.42 Å². The van der Waals surface area contributed by atoms with Crippen LogP contribution in [0.4, 0.5) is 0 Å². The van der Waals surface area contributed by atoms with E-state index in [1.807, 2.05) is 25.2 Å². The maximum Gasteiger partial charge on any atom is 0.134 e. The molecule has 4 heteroatoms. The lowest BCUT2D eigenvalue weighted by atomic mass is 10.2. The number of rotatable bonds is 7. The molecule has 0 bridgehead atoms. The molecule has 2 aromatic rings. The first-order valence-electron chi connectivity index (χ1n) is 7.09. The summed E-state index contributed by atoms with van der Waals surface area (Å²) in [6.45, 7) is 3.04. The predicted octanol–water partition coefficient (Wildman–Crippen LogP) is 2.19. The van der Waals surface area contributed by atoms with Crippen molar-refractivity contribution in [2.24, 2.45) is 0 Å². The normalized spacial score (nSPS) is 13.5. The van der Waals surface area contributed by atoms with Gasteiger partial charge in [-0.2, -0.15) is 0 Å². The zero-order valence-electron chi connectivity index (χ0n) is 12.9. The lowest BCUT2D eigenvalue weighted by Gasteiger charge is -2.23. The van der Waals surface area contributed by atoms with Crippen LogP contribution < -0.4 is 5.32 Å². The van der Waals surface area contributed by atoms with Crippen molar-refractivity contribution in [3.8, 4) is 0 Å². The second-order valence-corrected chi connectivity index (χ2v) is 5.59. The van der Waals surface area contributed by atoms with E-state index in [2.05, 4.69) is 48.4 Å². The summed E-state index contributed by atoms with van der Waals surface area (Å²) < 4.78 is 5.95. The Morgan fingerprint density at radius 1 is 1.15 bits per heavy atom.